The molecule has 3 aliphatic rings. The molecule has 1 N–H and O–H groups in total. The van der Waals surface area contributed by atoms with Gasteiger partial charge in [0.25, 0.3) is 5.91 Å². The number of thioether (sulfide) groups is 1. The van der Waals surface area contributed by atoms with Crippen LogP contribution >= 0.6 is 11.8 Å². The van der Waals surface area contributed by atoms with Crippen molar-refractivity contribution in [3.8, 4) is 0 Å². The molecule has 2 atom stereocenters. The molecule has 1 amide bonds. The van der Waals surface area contributed by atoms with Crippen LogP contribution in [0.4, 0.5) is 5.69 Å². The molecule has 0 saturated carbocycles. The van der Waals surface area contributed by atoms with Crippen LogP contribution in [0.1, 0.15) is 36.0 Å². The minimum absolute atomic E-state index is 0.0337. The molecule has 3 heterocycles. The van der Waals surface area contributed by atoms with Crippen molar-refractivity contribution in [3.05, 3.63) is 29.8 Å². The Labute approximate surface area is 158 Å². The van der Waals surface area contributed by atoms with Gasteiger partial charge in [-0.3, -0.25) is 9.79 Å². The van der Waals surface area contributed by atoms with Crippen molar-refractivity contribution < 1.29 is 13.2 Å². The number of amides is 1. The molecule has 2 fully saturated rings. The number of likely N-dealkylation sites (tertiary alicyclic amines) is 1. The lowest BCUT2D eigenvalue weighted by Crippen LogP contribution is -2.31. The highest BCUT2D eigenvalue weighted by Crippen LogP contribution is 2.34. The van der Waals surface area contributed by atoms with Crippen molar-refractivity contribution in [1.29, 1.82) is 0 Å². The summed E-state index contributed by atoms with van der Waals surface area (Å²) >= 11 is 1.50. The van der Waals surface area contributed by atoms with Gasteiger partial charge < -0.3 is 10.2 Å². The largest absolute Gasteiger partial charge is 0.339 e. The Kier molecular flexibility index (Phi) is 4.96. The maximum Gasteiger partial charge on any atom is 0.253 e. The molecule has 1 aromatic rings. The number of carbonyl (C=O) groups is 1. The number of amidine groups is 1. The van der Waals surface area contributed by atoms with Crippen LogP contribution in [0.5, 0.6) is 0 Å². The number of benzene rings is 1. The fraction of sp³-hybridized carbons (Fsp3) is 0.556. The molecule has 0 radical (unpaired) electrons. The van der Waals surface area contributed by atoms with Gasteiger partial charge in [0.05, 0.1) is 17.5 Å². The van der Waals surface area contributed by atoms with Gasteiger partial charge >= 0.3 is 0 Å². The van der Waals surface area contributed by atoms with Gasteiger partial charge in [-0.05, 0) is 37.1 Å². The molecule has 2 saturated heterocycles. The lowest BCUT2D eigenvalue weighted by molar-refractivity contribution is 0.0761. The van der Waals surface area contributed by atoms with Crippen molar-refractivity contribution in [2.24, 2.45) is 4.99 Å². The summed E-state index contributed by atoms with van der Waals surface area (Å²) in [4.78, 5) is 19.1. The van der Waals surface area contributed by atoms with Crippen molar-refractivity contribution in [3.63, 3.8) is 0 Å². The van der Waals surface area contributed by atoms with E-state index in [4.69, 9.17) is 0 Å². The van der Waals surface area contributed by atoms with Crippen LogP contribution in [0, 0.1) is 0 Å². The number of nitrogens with zero attached hydrogens (tertiary/aromatic N) is 2. The summed E-state index contributed by atoms with van der Waals surface area (Å²) in [6.07, 6.45) is 4.58. The molecule has 0 bridgehead atoms. The zero-order chi connectivity index (χ0) is 18.1. The summed E-state index contributed by atoms with van der Waals surface area (Å²) in [5.41, 5.74) is 1.58. The molecule has 0 spiro atoms. The molecule has 140 valence electrons. The van der Waals surface area contributed by atoms with Gasteiger partial charge in [-0.1, -0.05) is 24.6 Å². The van der Waals surface area contributed by atoms with E-state index in [9.17, 15) is 13.2 Å². The highest BCUT2D eigenvalue weighted by atomic mass is 32.2. The quantitative estimate of drug-likeness (QED) is 0.835. The number of carbonyl (C=O) groups excluding carboxylic acids is 1. The first-order valence-corrected chi connectivity index (χ1v) is 11.8. The second-order valence-corrected chi connectivity index (χ2v) is 10.5. The van der Waals surface area contributed by atoms with Gasteiger partial charge in [0.2, 0.25) is 0 Å². The SMILES string of the molecule is O=C(c1ccc(NC2=N[C@@H]3CS(=O)(=O)C[C@@H]3S2)cc1)N1CCCCCC1. The predicted octanol–water partition coefficient (Wildman–Crippen LogP) is 2.38. The Bertz CT molecular complexity index is 813. The Morgan fingerprint density at radius 3 is 2.42 bits per heavy atom. The zero-order valence-corrected chi connectivity index (χ0v) is 16.2. The van der Waals surface area contributed by atoms with Crippen LogP contribution < -0.4 is 5.32 Å². The molecule has 0 unspecified atom stereocenters. The standard InChI is InChI=1S/C18H23N3O3S2/c22-17(21-9-3-1-2-4-10-21)13-5-7-14(8-6-13)19-18-20-15-11-26(23,24)12-16(15)25-18/h5-8,15-16H,1-4,9-12H2,(H,19,20)/t15-,16+/m1/s1. The monoisotopic (exact) mass is 393 g/mol. The molecule has 1 aromatic carbocycles. The highest BCUT2D eigenvalue weighted by molar-refractivity contribution is 8.15. The van der Waals surface area contributed by atoms with Crippen molar-refractivity contribution >= 4 is 38.4 Å². The van der Waals surface area contributed by atoms with Crippen molar-refractivity contribution in [2.45, 2.75) is 37.0 Å². The van der Waals surface area contributed by atoms with Crippen LogP contribution in [-0.2, 0) is 9.84 Å². The molecule has 4 rings (SSSR count). The fourth-order valence-electron chi connectivity index (χ4n) is 3.69. The molecule has 0 aliphatic carbocycles. The second-order valence-electron chi connectivity index (χ2n) is 7.14. The van der Waals surface area contributed by atoms with Gasteiger partial charge in [0.15, 0.2) is 15.0 Å². The maximum absolute atomic E-state index is 12.6. The smallest absolute Gasteiger partial charge is 0.253 e. The van der Waals surface area contributed by atoms with Gasteiger partial charge in [0, 0.05) is 29.6 Å². The van der Waals surface area contributed by atoms with Gasteiger partial charge in [-0.25, -0.2) is 8.42 Å². The van der Waals surface area contributed by atoms with E-state index in [0.29, 0.717) is 5.56 Å². The molecule has 8 heteroatoms. The van der Waals surface area contributed by atoms with Crippen LogP contribution in [0.25, 0.3) is 0 Å². The topological polar surface area (TPSA) is 78.8 Å². The van der Waals surface area contributed by atoms with Gasteiger partial charge in [-0.15, -0.1) is 0 Å². The van der Waals surface area contributed by atoms with E-state index in [2.05, 4.69) is 10.3 Å². The Hall–Kier alpha value is -1.54. The van der Waals surface area contributed by atoms with E-state index < -0.39 is 9.84 Å². The number of sulfone groups is 1. The number of anilines is 1. The summed E-state index contributed by atoms with van der Waals surface area (Å²) in [6, 6.07) is 7.34. The summed E-state index contributed by atoms with van der Waals surface area (Å²) in [5.74, 6) is 0.463. The average molecular weight is 394 g/mol. The third kappa shape index (κ3) is 3.91. The minimum Gasteiger partial charge on any atom is -0.339 e. The van der Waals surface area contributed by atoms with Crippen LogP contribution in [0.2, 0.25) is 0 Å². The number of fused-ring (bicyclic) bond motifs is 1. The number of hydrogen-bond acceptors (Lipinski definition) is 6. The summed E-state index contributed by atoms with van der Waals surface area (Å²) in [7, 11) is -2.93. The first-order chi connectivity index (χ1) is 12.5. The second kappa shape index (κ2) is 7.23. The molecular weight excluding hydrogens is 370 g/mol. The molecular formula is C18H23N3O3S2. The fourth-order valence-corrected chi connectivity index (χ4v) is 7.37. The van der Waals surface area contributed by atoms with Crippen LogP contribution in [-0.4, -0.2) is 60.3 Å². The number of hydrogen-bond donors (Lipinski definition) is 1. The normalized spacial score (nSPS) is 27.5. The van der Waals surface area contributed by atoms with Gasteiger partial charge in [0.1, 0.15) is 0 Å². The predicted molar refractivity (Wildman–Crippen MR) is 106 cm³/mol. The zero-order valence-electron chi connectivity index (χ0n) is 14.6. The first kappa shape index (κ1) is 17.9. The number of aliphatic imine (C=N–C) groups is 1. The Balaban J connectivity index is 1.38. The molecule has 26 heavy (non-hydrogen) atoms. The average Bonchev–Trinajstić information content (AvgIpc) is 2.95. The van der Waals surface area contributed by atoms with Gasteiger partial charge in [-0.2, -0.15) is 0 Å². The van der Waals surface area contributed by atoms with E-state index in [1.54, 1.807) is 0 Å². The number of nitrogens with one attached hydrogen (secondary N) is 1. The molecule has 0 aromatic heterocycles. The minimum atomic E-state index is -2.93. The number of rotatable bonds is 2. The summed E-state index contributed by atoms with van der Waals surface area (Å²) in [5, 5.41) is 4.04. The van der Waals surface area contributed by atoms with E-state index in [1.807, 2.05) is 29.2 Å². The third-order valence-electron chi connectivity index (χ3n) is 5.09. The Morgan fingerprint density at radius 1 is 1.08 bits per heavy atom. The highest BCUT2D eigenvalue weighted by Gasteiger charge is 2.42. The van der Waals surface area contributed by atoms with E-state index >= 15 is 0 Å². The van der Waals surface area contributed by atoms with Crippen molar-refractivity contribution in [1.82, 2.24) is 4.90 Å². The molecule has 3 aliphatic heterocycles. The maximum atomic E-state index is 12.6. The van der Waals surface area contributed by atoms with Crippen molar-refractivity contribution in [2.75, 3.05) is 29.9 Å². The third-order valence-corrected chi connectivity index (χ3v) is 8.24. The van der Waals surface area contributed by atoms with Crippen LogP contribution in [0.15, 0.2) is 29.3 Å². The lowest BCUT2D eigenvalue weighted by atomic mass is 10.1. The van der Waals surface area contributed by atoms with Crippen LogP contribution in [0.3, 0.4) is 0 Å². The molecule has 6 nitrogen and oxygen atoms in total. The van der Waals surface area contributed by atoms with E-state index in [1.165, 1.54) is 24.6 Å². The first-order valence-electron chi connectivity index (χ1n) is 9.11. The summed E-state index contributed by atoms with van der Waals surface area (Å²) < 4.78 is 23.2. The Morgan fingerprint density at radius 2 is 1.77 bits per heavy atom. The summed E-state index contributed by atoms with van der Waals surface area (Å²) in [6.45, 7) is 1.69. The van der Waals surface area contributed by atoms with E-state index in [-0.39, 0.29) is 28.7 Å². The van der Waals surface area contributed by atoms with E-state index in [0.717, 1.165) is 36.8 Å². The lowest BCUT2D eigenvalue weighted by Gasteiger charge is -2.20.